The minimum absolute atomic E-state index is 0.0179. The summed E-state index contributed by atoms with van der Waals surface area (Å²) in [6.45, 7) is 1.28. The molecule has 0 radical (unpaired) electrons. The molecule has 10 nitrogen and oxygen atoms in total. The van der Waals surface area contributed by atoms with E-state index < -0.39 is 40.0 Å². The van der Waals surface area contributed by atoms with Gasteiger partial charge in [0.25, 0.3) is 11.8 Å². The molecular formula is C18H23N5O5S. The van der Waals surface area contributed by atoms with E-state index in [0.717, 1.165) is 30.6 Å². The SMILES string of the molecule is CC1(C2CC2)NC(=O)N(CC(=O)NNc2ccc(S(=O)(=O)NC3CC3)cc2)C1=O. The van der Waals surface area contributed by atoms with Crippen LogP contribution in [-0.4, -0.2) is 49.3 Å². The molecule has 1 aromatic carbocycles. The predicted molar refractivity (Wildman–Crippen MR) is 103 cm³/mol. The second-order valence-corrected chi connectivity index (χ2v) is 9.61. The second-order valence-electron chi connectivity index (χ2n) is 7.89. The number of hydrazine groups is 1. The van der Waals surface area contributed by atoms with Crippen LogP contribution in [0.5, 0.6) is 0 Å². The molecule has 1 unspecified atom stereocenters. The van der Waals surface area contributed by atoms with E-state index in [-0.39, 0.29) is 16.9 Å². The van der Waals surface area contributed by atoms with Crippen LogP contribution >= 0.6 is 0 Å². The number of rotatable bonds is 8. The highest BCUT2D eigenvalue weighted by atomic mass is 32.2. The first-order chi connectivity index (χ1) is 13.7. The summed E-state index contributed by atoms with van der Waals surface area (Å²) in [5.74, 6) is -0.840. The Morgan fingerprint density at radius 3 is 2.41 bits per heavy atom. The summed E-state index contributed by atoms with van der Waals surface area (Å²) in [4.78, 5) is 37.8. The third-order valence-corrected chi connectivity index (χ3v) is 6.94. The Labute approximate surface area is 168 Å². The van der Waals surface area contributed by atoms with Crippen LogP contribution in [0.15, 0.2) is 29.2 Å². The smallest absolute Gasteiger partial charge is 0.323 e. The van der Waals surface area contributed by atoms with E-state index >= 15 is 0 Å². The maximum absolute atomic E-state index is 12.5. The molecule has 0 aromatic heterocycles. The molecule has 0 spiro atoms. The van der Waals surface area contributed by atoms with E-state index in [2.05, 4.69) is 20.9 Å². The van der Waals surface area contributed by atoms with Crippen LogP contribution in [0.3, 0.4) is 0 Å². The molecule has 1 aromatic rings. The maximum Gasteiger partial charge on any atom is 0.325 e. The van der Waals surface area contributed by atoms with E-state index in [4.69, 9.17) is 0 Å². The molecule has 1 heterocycles. The van der Waals surface area contributed by atoms with Crippen LogP contribution in [0, 0.1) is 5.92 Å². The standard InChI is InChI=1S/C18H23N5O5S/c1-18(11-2-3-11)16(25)23(17(26)19-18)10-15(24)21-20-12-6-8-14(9-7-12)29(27,28)22-13-4-5-13/h6-9,11,13,20,22H,2-5,10H2,1H3,(H,19,26)(H,21,24). The first kappa shape index (κ1) is 19.6. The van der Waals surface area contributed by atoms with Gasteiger partial charge in [0.05, 0.1) is 10.6 Å². The largest absolute Gasteiger partial charge is 0.325 e. The summed E-state index contributed by atoms with van der Waals surface area (Å²) in [6.07, 6.45) is 3.46. The first-order valence-electron chi connectivity index (χ1n) is 9.50. The Bertz CT molecular complexity index is 955. The Hall–Kier alpha value is -2.66. The molecular weight excluding hydrogens is 398 g/mol. The van der Waals surface area contributed by atoms with Crippen molar-refractivity contribution >= 4 is 33.6 Å². The number of nitrogens with one attached hydrogen (secondary N) is 4. The lowest BCUT2D eigenvalue weighted by atomic mass is 9.96. The van der Waals surface area contributed by atoms with Crippen molar-refractivity contribution in [3.8, 4) is 0 Å². The van der Waals surface area contributed by atoms with Gasteiger partial charge in [-0.3, -0.25) is 25.3 Å². The summed E-state index contributed by atoms with van der Waals surface area (Å²) in [5, 5.41) is 2.68. The van der Waals surface area contributed by atoms with E-state index in [0.29, 0.717) is 5.69 Å². The number of benzene rings is 1. The average Bonchev–Trinajstić information content (AvgIpc) is 3.57. The molecule has 3 aliphatic rings. The van der Waals surface area contributed by atoms with Gasteiger partial charge >= 0.3 is 6.03 Å². The molecule has 156 valence electrons. The van der Waals surface area contributed by atoms with Gasteiger partial charge in [-0.05, 0) is 62.8 Å². The number of hydrogen-bond donors (Lipinski definition) is 4. The molecule has 0 bridgehead atoms. The molecule has 2 saturated carbocycles. The molecule has 3 fully saturated rings. The third-order valence-electron chi connectivity index (χ3n) is 5.41. The normalized spacial score (nSPS) is 24.4. The molecule has 1 atom stereocenters. The van der Waals surface area contributed by atoms with Crippen LogP contribution in [0.25, 0.3) is 0 Å². The lowest BCUT2D eigenvalue weighted by molar-refractivity contribution is -0.135. The monoisotopic (exact) mass is 421 g/mol. The minimum atomic E-state index is -3.54. The van der Waals surface area contributed by atoms with Gasteiger partial charge in [0, 0.05) is 6.04 Å². The number of amides is 4. The zero-order valence-corrected chi connectivity index (χ0v) is 16.7. The number of hydrogen-bond acceptors (Lipinski definition) is 6. The minimum Gasteiger partial charge on any atom is -0.323 e. The predicted octanol–water partition coefficient (Wildman–Crippen LogP) is 0.291. The van der Waals surface area contributed by atoms with Gasteiger partial charge in [0.15, 0.2) is 0 Å². The number of carbonyl (C=O) groups excluding carboxylic acids is 3. The molecule has 1 saturated heterocycles. The summed E-state index contributed by atoms with van der Waals surface area (Å²) in [7, 11) is -3.54. The maximum atomic E-state index is 12.5. The molecule has 4 amide bonds. The number of imide groups is 1. The number of urea groups is 1. The molecule has 2 aliphatic carbocycles. The number of anilines is 1. The summed E-state index contributed by atoms with van der Waals surface area (Å²) in [6, 6.07) is 5.33. The van der Waals surface area contributed by atoms with Crippen molar-refractivity contribution in [3.05, 3.63) is 24.3 Å². The lowest BCUT2D eigenvalue weighted by Crippen LogP contribution is -2.47. The van der Waals surface area contributed by atoms with Gasteiger partial charge in [-0.2, -0.15) is 0 Å². The highest BCUT2D eigenvalue weighted by Gasteiger charge is 2.56. The molecule has 4 rings (SSSR count). The van der Waals surface area contributed by atoms with Gasteiger partial charge in [-0.15, -0.1) is 0 Å². The molecule has 1 aliphatic heterocycles. The van der Waals surface area contributed by atoms with Crippen molar-refractivity contribution < 1.29 is 22.8 Å². The number of sulfonamides is 1. The van der Waals surface area contributed by atoms with Gasteiger partial charge in [-0.1, -0.05) is 0 Å². The summed E-state index contributed by atoms with van der Waals surface area (Å²) < 4.78 is 26.9. The fraction of sp³-hybridized carbons (Fsp3) is 0.500. The summed E-state index contributed by atoms with van der Waals surface area (Å²) >= 11 is 0. The fourth-order valence-corrected chi connectivity index (χ4v) is 4.63. The quantitative estimate of drug-likeness (QED) is 0.352. The van der Waals surface area contributed by atoms with Crippen molar-refractivity contribution in [1.29, 1.82) is 0 Å². The summed E-state index contributed by atoms with van der Waals surface area (Å²) in [5.41, 5.74) is 4.59. The molecule has 11 heteroatoms. The van der Waals surface area contributed by atoms with E-state index in [1.165, 1.54) is 24.3 Å². The Balaban J connectivity index is 1.30. The third kappa shape index (κ3) is 4.06. The fourth-order valence-electron chi connectivity index (χ4n) is 3.33. The van der Waals surface area contributed by atoms with Crippen LogP contribution in [-0.2, 0) is 19.6 Å². The number of carbonyl (C=O) groups is 3. The Morgan fingerprint density at radius 2 is 1.83 bits per heavy atom. The Kier molecular flexibility index (Phi) is 4.74. The topological polar surface area (TPSA) is 137 Å². The lowest BCUT2D eigenvalue weighted by Gasteiger charge is -2.20. The van der Waals surface area contributed by atoms with Crippen molar-refractivity contribution in [1.82, 2.24) is 20.4 Å². The van der Waals surface area contributed by atoms with E-state index in [1.807, 2.05) is 0 Å². The van der Waals surface area contributed by atoms with Crippen molar-refractivity contribution in [2.24, 2.45) is 5.92 Å². The molecule has 4 N–H and O–H groups in total. The van der Waals surface area contributed by atoms with Gasteiger partial charge in [0.1, 0.15) is 12.1 Å². The van der Waals surface area contributed by atoms with Crippen LogP contribution in [0.1, 0.15) is 32.6 Å². The van der Waals surface area contributed by atoms with Gasteiger partial charge in [0.2, 0.25) is 10.0 Å². The van der Waals surface area contributed by atoms with E-state index in [9.17, 15) is 22.8 Å². The van der Waals surface area contributed by atoms with Crippen LogP contribution in [0.2, 0.25) is 0 Å². The number of nitrogens with zero attached hydrogens (tertiary/aromatic N) is 1. The van der Waals surface area contributed by atoms with Crippen molar-refractivity contribution in [3.63, 3.8) is 0 Å². The zero-order valence-electron chi connectivity index (χ0n) is 15.9. The average molecular weight is 421 g/mol. The second kappa shape index (κ2) is 6.99. The Morgan fingerprint density at radius 1 is 1.17 bits per heavy atom. The van der Waals surface area contributed by atoms with Crippen molar-refractivity contribution in [2.45, 2.75) is 49.1 Å². The van der Waals surface area contributed by atoms with E-state index in [1.54, 1.807) is 6.92 Å². The highest BCUT2D eigenvalue weighted by Crippen LogP contribution is 2.42. The highest BCUT2D eigenvalue weighted by molar-refractivity contribution is 7.89. The first-order valence-corrected chi connectivity index (χ1v) is 11.0. The van der Waals surface area contributed by atoms with Crippen LogP contribution < -0.4 is 20.9 Å². The van der Waals surface area contributed by atoms with Gasteiger partial charge in [-0.25, -0.2) is 17.9 Å². The zero-order chi connectivity index (χ0) is 20.8. The van der Waals surface area contributed by atoms with Crippen LogP contribution in [0.4, 0.5) is 10.5 Å². The van der Waals surface area contributed by atoms with Gasteiger partial charge < -0.3 is 5.32 Å². The molecule has 29 heavy (non-hydrogen) atoms. The van der Waals surface area contributed by atoms with Crippen molar-refractivity contribution in [2.75, 3.05) is 12.0 Å².